The largest absolute Gasteiger partial charge is 0.379 e. The molecule has 1 N–H and O–H groups in total. The van der Waals surface area contributed by atoms with E-state index in [9.17, 15) is 0 Å². The Morgan fingerprint density at radius 1 is 1.31 bits per heavy atom. The highest BCUT2D eigenvalue weighted by Crippen LogP contribution is 2.14. The molecule has 1 saturated heterocycles. The zero-order valence-corrected chi connectivity index (χ0v) is 10.8. The summed E-state index contributed by atoms with van der Waals surface area (Å²) in [4.78, 5) is 0. The van der Waals surface area contributed by atoms with Gasteiger partial charge < -0.3 is 14.8 Å². The van der Waals surface area contributed by atoms with Crippen molar-refractivity contribution in [2.24, 2.45) is 0 Å². The third-order valence-corrected chi connectivity index (χ3v) is 2.87. The van der Waals surface area contributed by atoms with Gasteiger partial charge in [-0.15, -0.1) is 0 Å². The highest BCUT2D eigenvalue weighted by molar-refractivity contribution is 4.65. The second-order valence-electron chi connectivity index (χ2n) is 4.80. The van der Waals surface area contributed by atoms with E-state index in [4.69, 9.17) is 9.47 Å². The van der Waals surface area contributed by atoms with E-state index in [1.165, 1.54) is 25.7 Å². The molecule has 0 radical (unpaired) electrons. The molecule has 0 spiro atoms. The molecule has 3 heteroatoms. The lowest BCUT2D eigenvalue weighted by Crippen LogP contribution is -2.21. The summed E-state index contributed by atoms with van der Waals surface area (Å²) in [5.74, 6) is 0. The summed E-state index contributed by atoms with van der Waals surface area (Å²) in [6.07, 6.45) is 6.93. The standard InChI is InChI=1S/C13H27NO2/c1-12(2)15-10-4-3-8-14-9-7-13-6-5-11-16-13/h12-14H,3-11H2,1-2H3. The number of ether oxygens (including phenoxy) is 2. The van der Waals surface area contributed by atoms with E-state index < -0.39 is 0 Å². The smallest absolute Gasteiger partial charge is 0.0588 e. The molecule has 1 heterocycles. The van der Waals surface area contributed by atoms with Crippen molar-refractivity contribution in [1.82, 2.24) is 5.32 Å². The van der Waals surface area contributed by atoms with Gasteiger partial charge >= 0.3 is 0 Å². The molecule has 1 atom stereocenters. The lowest BCUT2D eigenvalue weighted by atomic mass is 10.2. The number of nitrogens with one attached hydrogen (secondary N) is 1. The molecular weight excluding hydrogens is 202 g/mol. The van der Waals surface area contributed by atoms with Gasteiger partial charge in [0, 0.05) is 13.2 Å². The molecule has 96 valence electrons. The first kappa shape index (κ1) is 13.9. The minimum atomic E-state index is 0.368. The molecule has 1 unspecified atom stereocenters. The van der Waals surface area contributed by atoms with Gasteiger partial charge in [-0.1, -0.05) is 0 Å². The monoisotopic (exact) mass is 229 g/mol. The van der Waals surface area contributed by atoms with Crippen LogP contribution in [0.5, 0.6) is 0 Å². The van der Waals surface area contributed by atoms with Gasteiger partial charge in [0.15, 0.2) is 0 Å². The van der Waals surface area contributed by atoms with Gasteiger partial charge in [-0.25, -0.2) is 0 Å². The molecule has 1 aliphatic rings. The van der Waals surface area contributed by atoms with Crippen LogP contribution >= 0.6 is 0 Å². The van der Waals surface area contributed by atoms with Crippen molar-refractivity contribution >= 4 is 0 Å². The number of hydrogen-bond acceptors (Lipinski definition) is 3. The van der Waals surface area contributed by atoms with E-state index >= 15 is 0 Å². The van der Waals surface area contributed by atoms with Crippen molar-refractivity contribution in [3.05, 3.63) is 0 Å². The molecule has 3 nitrogen and oxygen atoms in total. The van der Waals surface area contributed by atoms with Crippen molar-refractivity contribution < 1.29 is 9.47 Å². The third kappa shape index (κ3) is 7.20. The Labute approximate surface area is 99.9 Å². The van der Waals surface area contributed by atoms with Crippen LogP contribution in [0.25, 0.3) is 0 Å². The predicted octanol–water partition coefficient (Wildman–Crippen LogP) is 2.35. The highest BCUT2D eigenvalue weighted by atomic mass is 16.5. The van der Waals surface area contributed by atoms with E-state index in [0.29, 0.717) is 12.2 Å². The maximum Gasteiger partial charge on any atom is 0.0588 e. The second-order valence-corrected chi connectivity index (χ2v) is 4.80. The molecule has 0 bridgehead atoms. The van der Waals surface area contributed by atoms with E-state index in [-0.39, 0.29) is 0 Å². The number of hydrogen-bond donors (Lipinski definition) is 1. The van der Waals surface area contributed by atoms with Gasteiger partial charge in [-0.2, -0.15) is 0 Å². The zero-order chi connectivity index (χ0) is 11.6. The average molecular weight is 229 g/mol. The highest BCUT2D eigenvalue weighted by Gasteiger charge is 2.13. The molecule has 16 heavy (non-hydrogen) atoms. The molecule has 0 amide bonds. The summed E-state index contributed by atoms with van der Waals surface area (Å²) in [6.45, 7) is 8.23. The summed E-state index contributed by atoms with van der Waals surface area (Å²) in [5.41, 5.74) is 0. The Kier molecular flexibility index (Phi) is 7.81. The predicted molar refractivity (Wildman–Crippen MR) is 66.8 cm³/mol. The van der Waals surface area contributed by atoms with Gasteiger partial charge in [0.2, 0.25) is 0 Å². The van der Waals surface area contributed by atoms with Gasteiger partial charge in [0.25, 0.3) is 0 Å². The molecule has 1 rings (SSSR count). The van der Waals surface area contributed by atoms with Crippen LogP contribution in [0, 0.1) is 0 Å². The van der Waals surface area contributed by atoms with E-state index in [1.54, 1.807) is 0 Å². The molecule has 1 fully saturated rings. The van der Waals surface area contributed by atoms with Crippen molar-refractivity contribution in [3.63, 3.8) is 0 Å². The van der Waals surface area contributed by atoms with Crippen LogP contribution in [0.4, 0.5) is 0 Å². The lowest BCUT2D eigenvalue weighted by molar-refractivity contribution is 0.0758. The lowest BCUT2D eigenvalue weighted by Gasteiger charge is -2.10. The first-order valence-electron chi connectivity index (χ1n) is 6.73. The quantitative estimate of drug-likeness (QED) is 0.616. The van der Waals surface area contributed by atoms with Gasteiger partial charge in [0.1, 0.15) is 0 Å². The van der Waals surface area contributed by atoms with Gasteiger partial charge in [-0.3, -0.25) is 0 Å². The topological polar surface area (TPSA) is 30.5 Å². The molecule has 0 aromatic rings. The summed E-state index contributed by atoms with van der Waals surface area (Å²) in [5, 5.41) is 3.46. The average Bonchev–Trinajstić information content (AvgIpc) is 2.74. The fourth-order valence-electron chi connectivity index (χ4n) is 1.93. The number of rotatable bonds is 9. The van der Waals surface area contributed by atoms with Crippen molar-refractivity contribution in [2.75, 3.05) is 26.3 Å². The minimum absolute atomic E-state index is 0.368. The van der Waals surface area contributed by atoms with Crippen LogP contribution in [0.3, 0.4) is 0 Å². The Morgan fingerprint density at radius 2 is 2.19 bits per heavy atom. The van der Waals surface area contributed by atoms with Crippen LogP contribution in [-0.4, -0.2) is 38.5 Å². The van der Waals surface area contributed by atoms with Crippen LogP contribution in [0.1, 0.15) is 46.0 Å². The van der Waals surface area contributed by atoms with Crippen LogP contribution in [0.15, 0.2) is 0 Å². The summed E-state index contributed by atoms with van der Waals surface area (Å²) >= 11 is 0. The third-order valence-electron chi connectivity index (χ3n) is 2.87. The van der Waals surface area contributed by atoms with E-state index in [0.717, 1.165) is 32.7 Å². The normalized spacial score (nSPS) is 20.8. The molecule has 0 aromatic heterocycles. The maximum absolute atomic E-state index is 5.56. The fraction of sp³-hybridized carbons (Fsp3) is 1.00. The molecule has 0 saturated carbocycles. The summed E-state index contributed by atoms with van der Waals surface area (Å²) < 4.78 is 11.0. The first-order chi connectivity index (χ1) is 7.79. The van der Waals surface area contributed by atoms with Crippen LogP contribution < -0.4 is 5.32 Å². The minimum Gasteiger partial charge on any atom is -0.379 e. The Bertz CT molecular complexity index is 156. The Hall–Kier alpha value is -0.120. The van der Waals surface area contributed by atoms with Gasteiger partial charge in [0.05, 0.1) is 12.2 Å². The second kappa shape index (κ2) is 8.97. The van der Waals surface area contributed by atoms with E-state index in [2.05, 4.69) is 19.2 Å². The Morgan fingerprint density at radius 3 is 2.88 bits per heavy atom. The van der Waals surface area contributed by atoms with Crippen molar-refractivity contribution in [1.29, 1.82) is 0 Å². The zero-order valence-electron chi connectivity index (χ0n) is 10.8. The maximum atomic E-state index is 5.56. The Balaban J connectivity index is 1.74. The van der Waals surface area contributed by atoms with Gasteiger partial charge in [-0.05, 0) is 59.0 Å². The summed E-state index contributed by atoms with van der Waals surface area (Å²) in [7, 11) is 0. The molecule has 0 aliphatic carbocycles. The molecular formula is C13H27NO2. The van der Waals surface area contributed by atoms with Crippen LogP contribution in [-0.2, 0) is 9.47 Å². The van der Waals surface area contributed by atoms with Crippen LogP contribution in [0.2, 0.25) is 0 Å². The SMILES string of the molecule is CC(C)OCCCCNCCC1CCCO1. The first-order valence-corrected chi connectivity index (χ1v) is 6.73. The summed E-state index contributed by atoms with van der Waals surface area (Å²) in [6, 6.07) is 0. The molecule has 0 aromatic carbocycles. The van der Waals surface area contributed by atoms with E-state index in [1.807, 2.05) is 0 Å². The molecule has 1 aliphatic heterocycles. The van der Waals surface area contributed by atoms with Crippen molar-refractivity contribution in [2.45, 2.75) is 58.2 Å². The number of unbranched alkanes of at least 4 members (excludes halogenated alkanes) is 1. The van der Waals surface area contributed by atoms with Crippen molar-refractivity contribution in [3.8, 4) is 0 Å². The fourth-order valence-corrected chi connectivity index (χ4v) is 1.93.